The molecule has 0 aliphatic carbocycles. The summed E-state index contributed by atoms with van der Waals surface area (Å²) in [7, 11) is 1.59. The van der Waals surface area contributed by atoms with E-state index < -0.39 is 5.97 Å². The fourth-order valence-corrected chi connectivity index (χ4v) is 2.14. The number of rotatable bonds is 6. The number of carboxylic acid groups (broad SMARTS) is 1. The molecule has 0 aliphatic rings. The lowest BCUT2D eigenvalue weighted by Crippen LogP contribution is -2.29. The van der Waals surface area contributed by atoms with Crippen LogP contribution in [0.3, 0.4) is 0 Å². The van der Waals surface area contributed by atoms with Gasteiger partial charge in [-0.2, -0.15) is 5.10 Å². The summed E-state index contributed by atoms with van der Waals surface area (Å²) < 4.78 is 1.64. The molecule has 0 radical (unpaired) electrons. The minimum absolute atomic E-state index is 0.0852. The van der Waals surface area contributed by atoms with Gasteiger partial charge in [-0.05, 0) is 18.6 Å². The van der Waals surface area contributed by atoms with Crippen LogP contribution in [-0.2, 0) is 11.2 Å². The highest BCUT2D eigenvalue weighted by molar-refractivity contribution is 5.95. The molecule has 0 saturated carbocycles. The maximum atomic E-state index is 12.4. The van der Waals surface area contributed by atoms with E-state index in [-0.39, 0.29) is 18.9 Å². The molecule has 1 N–H and O–H groups in total. The van der Waals surface area contributed by atoms with Crippen LogP contribution in [0.1, 0.15) is 29.4 Å². The maximum Gasteiger partial charge on any atom is 0.305 e. The van der Waals surface area contributed by atoms with Gasteiger partial charge in [-0.3, -0.25) is 9.59 Å². The molecule has 0 atom stereocenters. The molecule has 0 fully saturated rings. The molecular weight excluding hydrogens is 284 g/mol. The molecule has 22 heavy (non-hydrogen) atoms. The van der Waals surface area contributed by atoms with Crippen LogP contribution in [0, 0.1) is 0 Å². The third kappa shape index (κ3) is 3.30. The zero-order valence-corrected chi connectivity index (χ0v) is 12.6. The number of pyridine rings is 1. The van der Waals surface area contributed by atoms with Gasteiger partial charge >= 0.3 is 5.97 Å². The molecule has 0 spiro atoms. The summed E-state index contributed by atoms with van der Waals surface area (Å²) in [6.45, 7) is 2.09. The third-order valence-corrected chi connectivity index (χ3v) is 3.31. The first-order valence-corrected chi connectivity index (χ1v) is 7.00. The van der Waals surface area contributed by atoms with Crippen molar-refractivity contribution < 1.29 is 14.7 Å². The number of hydrogen-bond acceptors (Lipinski definition) is 4. The molecule has 1 amide bonds. The Morgan fingerprint density at radius 2 is 2.14 bits per heavy atom. The van der Waals surface area contributed by atoms with Crippen molar-refractivity contribution in [1.29, 1.82) is 0 Å². The highest BCUT2D eigenvalue weighted by Gasteiger charge is 2.20. The Hall–Kier alpha value is -2.70. The molecule has 2 rings (SSSR count). The van der Waals surface area contributed by atoms with Gasteiger partial charge in [0.25, 0.3) is 5.91 Å². The number of carboxylic acids is 1. The Labute approximate surface area is 128 Å². The van der Waals surface area contributed by atoms with Crippen molar-refractivity contribution in [2.24, 2.45) is 0 Å². The standard InChI is InChI=1S/C15H18N4O3/c1-3-12-11(15(22)18(2)9-7-14(20)21)10-17-19(12)13-6-4-5-8-16-13/h4-6,8,10H,3,7,9H2,1-2H3,(H,20,21). The lowest BCUT2D eigenvalue weighted by molar-refractivity contribution is -0.137. The first kappa shape index (κ1) is 15.7. The minimum atomic E-state index is -0.931. The summed E-state index contributed by atoms with van der Waals surface area (Å²) in [6, 6.07) is 5.48. The molecule has 0 bridgehead atoms. The molecule has 2 aromatic heterocycles. The van der Waals surface area contributed by atoms with E-state index in [1.165, 1.54) is 11.1 Å². The van der Waals surface area contributed by atoms with E-state index in [4.69, 9.17) is 5.11 Å². The van der Waals surface area contributed by atoms with Crippen LogP contribution in [0.5, 0.6) is 0 Å². The first-order valence-electron chi connectivity index (χ1n) is 7.00. The van der Waals surface area contributed by atoms with Crippen LogP contribution in [0.25, 0.3) is 5.82 Å². The summed E-state index contributed by atoms with van der Waals surface area (Å²) in [5.41, 5.74) is 1.23. The molecule has 0 unspecified atom stereocenters. The van der Waals surface area contributed by atoms with E-state index in [0.717, 1.165) is 5.69 Å². The van der Waals surface area contributed by atoms with Crippen LogP contribution < -0.4 is 0 Å². The zero-order chi connectivity index (χ0) is 16.1. The topological polar surface area (TPSA) is 88.3 Å². The molecule has 0 aromatic carbocycles. The second-order valence-corrected chi connectivity index (χ2v) is 4.83. The van der Waals surface area contributed by atoms with Gasteiger partial charge in [-0.1, -0.05) is 13.0 Å². The molecule has 7 nitrogen and oxygen atoms in total. The maximum absolute atomic E-state index is 12.4. The highest BCUT2D eigenvalue weighted by atomic mass is 16.4. The van der Waals surface area contributed by atoms with Crippen LogP contribution in [-0.4, -0.2) is 50.2 Å². The van der Waals surface area contributed by atoms with Crippen molar-refractivity contribution in [3.8, 4) is 5.82 Å². The largest absolute Gasteiger partial charge is 0.481 e. The van der Waals surface area contributed by atoms with Crippen LogP contribution >= 0.6 is 0 Å². The van der Waals surface area contributed by atoms with Gasteiger partial charge in [0.15, 0.2) is 5.82 Å². The SMILES string of the molecule is CCc1c(C(=O)N(C)CCC(=O)O)cnn1-c1ccccn1. The molecule has 0 aliphatic heterocycles. The fourth-order valence-electron chi connectivity index (χ4n) is 2.14. The summed E-state index contributed by atoms with van der Waals surface area (Å²) >= 11 is 0. The number of aromatic nitrogens is 3. The van der Waals surface area contributed by atoms with Gasteiger partial charge in [0, 0.05) is 19.8 Å². The quantitative estimate of drug-likeness (QED) is 0.870. The Morgan fingerprint density at radius 1 is 1.36 bits per heavy atom. The summed E-state index contributed by atoms with van der Waals surface area (Å²) in [5, 5.41) is 13.0. The van der Waals surface area contributed by atoms with Crippen LogP contribution in [0.15, 0.2) is 30.6 Å². The van der Waals surface area contributed by atoms with Gasteiger partial charge in [0.1, 0.15) is 0 Å². The van der Waals surface area contributed by atoms with E-state index in [1.54, 1.807) is 17.9 Å². The predicted molar refractivity (Wildman–Crippen MR) is 80.0 cm³/mol. The fraction of sp³-hybridized carbons (Fsp3) is 0.333. The highest BCUT2D eigenvalue weighted by Crippen LogP contribution is 2.16. The Morgan fingerprint density at radius 3 is 2.73 bits per heavy atom. The smallest absolute Gasteiger partial charge is 0.305 e. The number of aliphatic carboxylic acids is 1. The summed E-state index contributed by atoms with van der Waals surface area (Å²) in [4.78, 5) is 28.7. The van der Waals surface area contributed by atoms with E-state index in [1.807, 2.05) is 25.1 Å². The van der Waals surface area contributed by atoms with Crippen molar-refractivity contribution in [2.75, 3.05) is 13.6 Å². The Balaban J connectivity index is 2.27. The average molecular weight is 302 g/mol. The lowest BCUT2D eigenvalue weighted by atomic mass is 10.2. The van der Waals surface area contributed by atoms with E-state index in [9.17, 15) is 9.59 Å². The molecular formula is C15H18N4O3. The van der Waals surface area contributed by atoms with Crippen molar-refractivity contribution in [3.05, 3.63) is 41.9 Å². The van der Waals surface area contributed by atoms with Crippen LogP contribution in [0.2, 0.25) is 0 Å². The van der Waals surface area contributed by atoms with Crippen LogP contribution in [0.4, 0.5) is 0 Å². The summed E-state index contributed by atoms with van der Waals surface area (Å²) in [6.07, 6.45) is 3.70. The normalized spacial score (nSPS) is 10.5. The van der Waals surface area contributed by atoms with Gasteiger partial charge in [0.2, 0.25) is 0 Å². The Kier molecular flexibility index (Phi) is 4.88. The van der Waals surface area contributed by atoms with Crippen molar-refractivity contribution >= 4 is 11.9 Å². The monoisotopic (exact) mass is 302 g/mol. The zero-order valence-electron chi connectivity index (χ0n) is 12.6. The van der Waals surface area contributed by atoms with Gasteiger partial charge in [-0.15, -0.1) is 0 Å². The van der Waals surface area contributed by atoms with Crippen molar-refractivity contribution in [3.63, 3.8) is 0 Å². The summed E-state index contributed by atoms with van der Waals surface area (Å²) in [5.74, 6) is -0.522. The lowest BCUT2D eigenvalue weighted by Gasteiger charge is -2.16. The second kappa shape index (κ2) is 6.84. The first-order chi connectivity index (χ1) is 10.5. The van der Waals surface area contributed by atoms with E-state index >= 15 is 0 Å². The number of hydrogen-bond donors (Lipinski definition) is 1. The Bertz CT molecular complexity index is 667. The number of nitrogens with zero attached hydrogens (tertiary/aromatic N) is 4. The predicted octanol–water partition coefficient (Wildman–Crippen LogP) is 1.38. The molecule has 2 heterocycles. The van der Waals surface area contributed by atoms with Crippen molar-refractivity contribution in [2.45, 2.75) is 19.8 Å². The minimum Gasteiger partial charge on any atom is -0.481 e. The average Bonchev–Trinajstić information content (AvgIpc) is 2.96. The number of carbonyl (C=O) groups is 2. The van der Waals surface area contributed by atoms with E-state index in [2.05, 4.69) is 10.1 Å². The molecule has 116 valence electrons. The van der Waals surface area contributed by atoms with Crippen molar-refractivity contribution in [1.82, 2.24) is 19.7 Å². The molecule has 0 saturated heterocycles. The second-order valence-electron chi connectivity index (χ2n) is 4.83. The molecule has 2 aromatic rings. The third-order valence-electron chi connectivity index (χ3n) is 3.31. The van der Waals surface area contributed by atoms with E-state index in [0.29, 0.717) is 17.8 Å². The van der Waals surface area contributed by atoms with Gasteiger partial charge < -0.3 is 10.0 Å². The number of amides is 1. The molecule has 7 heteroatoms. The van der Waals surface area contributed by atoms with Gasteiger partial charge in [-0.25, -0.2) is 9.67 Å². The number of carbonyl (C=O) groups excluding carboxylic acids is 1. The van der Waals surface area contributed by atoms with Gasteiger partial charge in [0.05, 0.1) is 23.9 Å².